The normalized spacial score (nSPS) is 13.8. The minimum absolute atomic E-state index is 0.231. The maximum Gasteiger partial charge on any atom is 0.124 e. The number of rotatable bonds is 5. The molecule has 0 radical (unpaired) electrons. The van der Waals surface area contributed by atoms with Crippen molar-refractivity contribution in [1.82, 2.24) is 0 Å². The van der Waals surface area contributed by atoms with Crippen molar-refractivity contribution in [2.75, 3.05) is 13.7 Å². The molecular weight excluding hydrogens is 274 g/mol. The summed E-state index contributed by atoms with van der Waals surface area (Å²) in [4.78, 5) is 0. The molecule has 0 amide bonds. The number of halogens is 1. The van der Waals surface area contributed by atoms with Gasteiger partial charge >= 0.3 is 0 Å². The van der Waals surface area contributed by atoms with Crippen molar-refractivity contribution in [3.05, 3.63) is 64.7 Å². The fourth-order valence-electron chi connectivity index (χ4n) is 2.31. The Balaban J connectivity index is 2.36. The van der Waals surface area contributed by atoms with Crippen LogP contribution < -0.4 is 10.5 Å². The molecule has 2 aromatic rings. The van der Waals surface area contributed by atoms with Crippen LogP contribution in [-0.2, 0) is 0 Å². The predicted octanol–water partition coefficient (Wildman–Crippen LogP) is 3.12. The van der Waals surface area contributed by atoms with Gasteiger partial charge in [0.05, 0.1) is 13.2 Å². The zero-order valence-electron chi connectivity index (χ0n) is 11.3. The van der Waals surface area contributed by atoms with Crippen molar-refractivity contribution in [3.63, 3.8) is 0 Å². The van der Waals surface area contributed by atoms with E-state index in [4.69, 9.17) is 22.1 Å². The first-order valence-electron chi connectivity index (χ1n) is 6.44. The smallest absolute Gasteiger partial charge is 0.124 e. The SMILES string of the molecule is COc1ccccc1C(O)C(CN)c1cccc(Cl)c1. The highest BCUT2D eigenvalue weighted by molar-refractivity contribution is 6.30. The number of methoxy groups -OCH3 is 1. The van der Waals surface area contributed by atoms with Gasteiger partial charge in [-0.05, 0) is 23.8 Å². The lowest BCUT2D eigenvalue weighted by Gasteiger charge is -2.24. The highest BCUT2D eigenvalue weighted by Gasteiger charge is 2.24. The monoisotopic (exact) mass is 291 g/mol. The van der Waals surface area contributed by atoms with Crippen LogP contribution in [0.25, 0.3) is 0 Å². The number of para-hydroxylation sites is 1. The second-order valence-electron chi connectivity index (χ2n) is 4.58. The number of aliphatic hydroxyl groups is 1. The van der Waals surface area contributed by atoms with Gasteiger partial charge in [-0.25, -0.2) is 0 Å². The minimum atomic E-state index is -0.741. The summed E-state index contributed by atoms with van der Waals surface area (Å²) in [6.45, 7) is 0.319. The quantitative estimate of drug-likeness (QED) is 0.890. The summed E-state index contributed by atoms with van der Waals surface area (Å²) in [6, 6.07) is 14.8. The fourth-order valence-corrected chi connectivity index (χ4v) is 2.51. The van der Waals surface area contributed by atoms with Crippen LogP contribution in [0.1, 0.15) is 23.1 Å². The second kappa shape index (κ2) is 6.75. The van der Waals surface area contributed by atoms with Gasteiger partial charge in [0.2, 0.25) is 0 Å². The summed E-state index contributed by atoms with van der Waals surface area (Å²) in [7, 11) is 1.59. The van der Waals surface area contributed by atoms with Gasteiger partial charge in [0.1, 0.15) is 5.75 Å². The Hall–Kier alpha value is -1.55. The number of hydrogen-bond donors (Lipinski definition) is 2. The number of ether oxygens (including phenoxy) is 1. The van der Waals surface area contributed by atoms with E-state index in [9.17, 15) is 5.11 Å². The third kappa shape index (κ3) is 3.12. The molecule has 106 valence electrons. The molecule has 0 heterocycles. The van der Waals surface area contributed by atoms with Gasteiger partial charge < -0.3 is 15.6 Å². The van der Waals surface area contributed by atoms with E-state index in [0.29, 0.717) is 17.3 Å². The fraction of sp³-hybridized carbons (Fsp3) is 0.250. The number of nitrogens with two attached hydrogens (primary N) is 1. The third-order valence-electron chi connectivity index (χ3n) is 3.37. The molecule has 0 aliphatic carbocycles. The van der Waals surface area contributed by atoms with Crippen molar-refractivity contribution in [2.24, 2.45) is 5.73 Å². The summed E-state index contributed by atoms with van der Waals surface area (Å²) in [5.41, 5.74) is 7.48. The average Bonchev–Trinajstić information content (AvgIpc) is 2.48. The Morgan fingerprint density at radius 2 is 1.95 bits per heavy atom. The standard InChI is InChI=1S/C16H18ClNO2/c1-20-15-8-3-2-7-13(15)16(19)14(10-18)11-5-4-6-12(17)9-11/h2-9,14,16,19H,10,18H2,1H3. The molecular formula is C16H18ClNO2. The van der Waals surface area contributed by atoms with Crippen LogP contribution in [0.4, 0.5) is 0 Å². The van der Waals surface area contributed by atoms with Crippen LogP contribution in [0.3, 0.4) is 0 Å². The van der Waals surface area contributed by atoms with Crippen molar-refractivity contribution in [2.45, 2.75) is 12.0 Å². The van der Waals surface area contributed by atoms with Gasteiger partial charge in [0.25, 0.3) is 0 Å². The average molecular weight is 292 g/mol. The zero-order chi connectivity index (χ0) is 14.5. The maximum absolute atomic E-state index is 10.6. The van der Waals surface area contributed by atoms with E-state index in [1.165, 1.54) is 0 Å². The van der Waals surface area contributed by atoms with E-state index < -0.39 is 6.10 Å². The highest BCUT2D eigenvalue weighted by atomic mass is 35.5. The van der Waals surface area contributed by atoms with Crippen LogP contribution in [0.5, 0.6) is 5.75 Å². The Kier molecular flexibility index (Phi) is 5.01. The molecule has 0 aliphatic heterocycles. The summed E-state index contributed by atoms with van der Waals surface area (Å²) in [6.07, 6.45) is -0.741. The van der Waals surface area contributed by atoms with E-state index in [1.54, 1.807) is 13.2 Å². The molecule has 2 atom stereocenters. The molecule has 2 unspecified atom stereocenters. The molecule has 2 aromatic carbocycles. The van der Waals surface area contributed by atoms with Gasteiger partial charge in [-0.2, -0.15) is 0 Å². The molecule has 0 spiro atoms. The van der Waals surface area contributed by atoms with Gasteiger partial charge in [0, 0.05) is 23.0 Å². The first kappa shape index (κ1) is 14.9. The minimum Gasteiger partial charge on any atom is -0.496 e. The maximum atomic E-state index is 10.6. The van der Waals surface area contributed by atoms with E-state index in [-0.39, 0.29) is 5.92 Å². The molecule has 3 N–H and O–H groups in total. The summed E-state index contributed by atoms with van der Waals surface area (Å²) in [5, 5.41) is 11.3. The van der Waals surface area contributed by atoms with Gasteiger partial charge in [-0.1, -0.05) is 41.9 Å². The van der Waals surface area contributed by atoms with E-state index in [0.717, 1.165) is 11.1 Å². The Morgan fingerprint density at radius 3 is 2.60 bits per heavy atom. The van der Waals surface area contributed by atoms with E-state index in [1.807, 2.05) is 42.5 Å². The van der Waals surface area contributed by atoms with Crippen LogP contribution in [0.2, 0.25) is 5.02 Å². The summed E-state index contributed by atoms with van der Waals surface area (Å²) in [5.74, 6) is 0.422. The topological polar surface area (TPSA) is 55.5 Å². The highest BCUT2D eigenvalue weighted by Crippen LogP contribution is 2.35. The lowest BCUT2D eigenvalue weighted by molar-refractivity contribution is 0.144. The van der Waals surface area contributed by atoms with E-state index >= 15 is 0 Å². The largest absolute Gasteiger partial charge is 0.496 e. The first-order chi connectivity index (χ1) is 9.67. The van der Waals surface area contributed by atoms with Crippen molar-refractivity contribution < 1.29 is 9.84 Å². The summed E-state index contributed by atoms with van der Waals surface area (Å²) < 4.78 is 5.29. The van der Waals surface area contributed by atoms with Gasteiger partial charge in [-0.15, -0.1) is 0 Å². The molecule has 2 rings (SSSR count). The summed E-state index contributed by atoms with van der Waals surface area (Å²) >= 11 is 6.01. The molecule has 3 nitrogen and oxygen atoms in total. The number of benzene rings is 2. The van der Waals surface area contributed by atoms with Crippen LogP contribution in [-0.4, -0.2) is 18.8 Å². The van der Waals surface area contributed by atoms with Crippen molar-refractivity contribution >= 4 is 11.6 Å². The predicted molar refractivity (Wildman–Crippen MR) is 81.2 cm³/mol. The van der Waals surface area contributed by atoms with Crippen molar-refractivity contribution in [1.29, 1.82) is 0 Å². The Labute approximate surface area is 123 Å². The second-order valence-corrected chi connectivity index (χ2v) is 5.02. The number of hydrogen-bond acceptors (Lipinski definition) is 3. The Bertz CT molecular complexity index is 574. The molecule has 4 heteroatoms. The molecule has 0 aromatic heterocycles. The van der Waals surface area contributed by atoms with Crippen LogP contribution in [0, 0.1) is 0 Å². The lowest BCUT2D eigenvalue weighted by atomic mass is 9.89. The molecule has 0 aliphatic rings. The van der Waals surface area contributed by atoms with Crippen molar-refractivity contribution in [3.8, 4) is 5.75 Å². The first-order valence-corrected chi connectivity index (χ1v) is 6.81. The van der Waals surface area contributed by atoms with Crippen LogP contribution >= 0.6 is 11.6 Å². The molecule has 0 bridgehead atoms. The van der Waals surface area contributed by atoms with Gasteiger partial charge in [-0.3, -0.25) is 0 Å². The van der Waals surface area contributed by atoms with Gasteiger partial charge in [0.15, 0.2) is 0 Å². The third-order valence-corrected chi connectivity index (χ3v) is 3.60. The van der Waals surface area contributed by atoms with E-state index in [2.05, 4.69) is 0 Å². The molecule has 0 saturated heterocycles. The Morgan fingerprint density at radius 1 is 1.20 bits per heavy atom. The lowest BCUT2D eigenvalue weighted by Crippen LogP contribution is -2.20. The number of aliphatic hydroxyl groups excluding tert-OH is 1. The van der Waals surface area contributed by atoms with Crippen LogP contribution in [0.15, 0.2) is 48.5 Å². The zero-order valence-corrected chi connectivity index (χ0v) is 12.0. The molecule has 0 saturated carbocycles. The molecule has 20 heavy (non-hydrogen) atoms. The molecule has 0 fully saturated rings.